The molecule has 0 spiro atoms. The monoisotopic (exact) mass is 499 g/mol. The Kier molecular flexibility index (Phi) is 6.90. The lowest BCUT2D eigenvalue weighted by molar-refractivity contribution is -0.118. The van der Waals surface area contributed by atoms with Gasteiger partial charge in [0, 0.05) is 24.3 Å². The van der Waals surface area contributed by atoms with E-state index in [1.807, 2.05) is 6.92 Å². The molecule has 1 aliphatic rings. The first-order valence-electron chi connectivity index (χ1n) is 10.7. The Morgan fingerprint density at radius 2 is 1.85 bits per heavy atom. The van der Waals surface area contributed by atoms with Crippen molar-refractivity contribution in [1.82, 2.24) is 5.32 Å². The molecule has 178 valence electrons. The molecule has 1 saturated carbocycles. The number of amides is 2. The van der Waals surface area contributed by atoms with Crippen molar-refractivity contribution in [3.8, 4) is 5.75 Å². The van der Waals surface area contributed by atoms with E-state index in [1.165, 1.54) is 11.4 Å². The van der Waals surface area contributed by atoms with E-state index in [1.54, 1.807) is 60.0 Å². The number of nitrogens with zero attached hydrogens (tertiary/aromatic N) is 1. The summed E-state index contributed by atoms with van der Waals surface area (Å²) in [6.45, 7) is 1.61. The summed E-state index contributed by atoms with van der Waals surface area (Å²) in [5.74, 6) is -0.0974. The fraction of sp³-hybridized carbons (Fsp3) is 0.250. The molecular formula is C24H25N3O5S2. The van der Waals surface area contributed by atoms with Crippen molar-refractivity contribution in [2.75, 3.05) is 23.3 Å². The van der Waals surface area contributed by atoms with Gasteiger partial charge in [-0.15, -0.1) is 11.3 Å². The topological polar surface area (TPSA) is 105 Å². The third-order valence-electron chi connectivity index (χ3n) is 5.37. The SMILES string of the molecule is Cc1ccc(C(=O)NC2CC2)cc1NC(=O)COc1ccc(N(C)S(=O)(=O)c2cccs2)cc1. The predicted octanol–water partition coefficient (Wildman–Crippen LogP) is 3.79. The second-order valence-corrected chi connectivity index (χ2v) is 11.2. The average molecular weight is 500 g/mol. The van der Waals surface area contributed by atoms with Crippen molar-refractivity contribution in [3.63, 3.8) is 0 Å². The number of nitrogens with one attached hydrogen (secondary N) is 2. The van der Waals surface area contributed by atoms with Gasteiger partial charge in [0.25, 0.3) is 21.8 Å². The molecule has 1 aliphatic carbocycles. The van der Waals surface area contributed by atoms with Gasteiger partial charge < -0.3 is 15.4 Å². The van der Waals surface area contributed by atoms with Crippen molar-refractivity contribution in [3.05, 3.63) is 71.1 Å². The molecule has 2 aromatic carbocycles. The minimum atomic E-state index is -3.62. The molecule has 0 saturated heterocycles. The quantitative estimate of drug-likeness (QED) is 0.466. The maximum absolute atomic E-state index is 12.6. The van der Waals surface area contributed by atoms with E-state index < -0.39 is 10.0 Å². The van der Waals surface area contributed by atoms with Crippen molar-refractivity contribution in [1.29, 1.82) is 0 Å². The zero-order chi connectivity index (χ0) is 24.3. The molecule has 3 aromatic rings. The fourth-order valence-electron chi connectivity index (χ4n) is 3.17. The second-order valence-electron chi connectivity index (χ2n) is 8.01. The van der Waals surface area contributed by atoms with Crippen LogP contribution in [0, 0.1) is 6.92 Å². The normalized spacial score (nSPS) is 13.2. The Morgan fingerprint density at radius 1 is 1.12 bits per heavy atom. The van der Waals surface area contributed by atoms with E-state index in [2.05, 4.69) is 10.6 Å². The van der Waals surface area contributed by atoms with Gasteiger partial charge in [-0.2, -0.15) is 0 Å². The minimum absolute atomic E-state index is 0.152. The summed E-state index contributed by atoms with van der Waals surface area (Å²) in [6, 6.07) is 15.1. The maximum atomic E-state index is 12.6. The number of ether oxygens (including phenoxy) is 1. The van der Waals surface area contributed by atoms with Crippen LogP contribution < -0.4 is 19.7 Å². The molecule has 0 atom stereocenters. The van der Waals surface area contributed by atoms with Crippen LogP contribution in [-0.4, -0.2) is 39.9 Å². The van der Waals surface area contributed by atoms with Gasteiger partial charge in [-0.1, -0.05) is 12.1 Å². The Labute approximate surface area is 202 Å². The smallest absolute Gasteiger partial charge is 0.273 e. The van der Waals surface area contributed by atoms with Gasteiger partial charge in [-0.05, 0) is 73.2 Å². The fourth-order valence-corrected chi connectivity index (χ4v) is 5.52. The number of hydrogen-bond acceptors (Lipinski definition) is 6. The third kappa shape index (κ3) is 5.57. The van der Waals surface area contributed by atoms with E-state index in [9.17, 15) is 18.0 Å². The zero-order valence-corrected chi connectivity index (χ0v) is 20.4. The lowest BCUT2D eigenvalue weighted by Gasteiger charge is -2.18. The van der Waals surface area contributed by atoms with Crippen molar-refractivity contribution >= 4 is 44.5 Å². The number of carbonyl (C=O) groups is 2. The molecule has 8 nitrogen and oxygen atoms in total. The molecule has 1 heterocycles. The van der Waals surface area contributed by atoms with Crippen LogP contribution in [0.15, 0.2) is 64.2 Å². The van der Waals surface area contributed by atoms with Crippen LogP contribution >= 0.6 is 11.3 Å². The number of hydrogen-bond donors (Lipinski definition) is 2. The van der Waals surface area contributed by atoms with E-state index in [0.29, 0.717) is 22.7 Å². The first kappa shape index (κ1) is 23.8. The largest absolute Gasteiger partial charge is 0.484 e. The van der Waals surface area contributed by atoms with Crippen LogP contribution in [0.1, 0.15) is 28.8 Å². The minimum Gasteiger partial charge on any atom is -0.484 e. The number of sulfonamides is 1. The van der Waals surface area contributed by atoms with Gasteiger partial charge in [-0.3, -0.25) is 13.9 Å². The lowest BCUT2D eigenvalue weighted by atomic mass is 10.1. The van der Waals surface area contributed by atoms with E-state index in [4.69, 9.17) is 4.74 Å². The van der Waals surface area contributed by atoms with E-state index in [-0.39, 0.29) is 28.7 Å². The summed E-state index contributed by atoms with van der Waals surface area (Å²) in [7, 11) is -2.13. The van der Waals surface area contributed by atoms with Crippen LogP contribution in [0.5, 0.6) is 5.75 Å². The van der Waals surface area contributed by atoms with Gasteiger partial charge in [0.1, 0.15) is 9.96 Å². The van der Waals surface area contributed by atoms with Gasteiger partial charge >= 0.3 is 0 Å². The van der Waals surface area contributed by atoms with Crippen LogP contribution in [-0.2, 0) is 14.8 Å². The predicted molar refractivity (Wildman–Crippen MR) is 132 cm³/mol. The molecule has 2 amide bonds. The molecule has 1 aromatic heterocycles. The summed E-state index contributed by atoms with van der Waals surface area (Å²) < 4.78 is 32.3. The summed E-state index contributed by atoms with van der Waals surface area (Å²) in [5, 5.41) is 7.42. The molecule has 4 rings (SSSR count). The maximum Gasteiger partial charge on any atom is 0.273 e. The summed E-state index contributed by atoms with van der Waals surface area (Å²) in [4.78, 5) is 24.7. The molecule has 0 bridgehead atoms. The molecule has 0 aliphatic heterocycles. The highest BCUT2D eigenvalue weighted by molar-refractivity contribution is 7.94. The first-order valence-corrected chi connectivity index (χ1v) is 13.0. The number of carbonyl (C=O) groups excluding carboxylic acids is 2. The van der Waals surface area contributed by atoms with E-state index >= 15 is 0 Å². The summed E-state index contributed by atoms with van der Waals surface area (Å²) in [6.07, 6.45) is 2.00. The highest BCUT2D eigenvalue weighted by atomic mass is 32.2. The number of anilines is 2. The molecule has 2 N–H and O–H groups in total. The molecule has 1 fully saturated rings. The van der Waals surface area contributed by atoms with Gasteiger partial charge in [-0.25, -0.2) is 8.42 Å². The number of benzene rings is 2. The standard InChI is InChI=1S/C24H25N3O5S2/c1-16-5-6-17(24(29)25-18-7-8-18)14-21(16)26-22(28)15-32-20-11-9-19(10-12-20)27(2)34(30,31)23-4-3-13-33-23/h3-6,9-14,18H,7-8,15H2,1-2H3,(H,25,29)(H,26,28). The number of thiophene rings is 1. The Balaban J connectivity index is 1.34. The Morgan fingerprint density at radius 3 is 2.50 bits per heavy atom. The third-order valence-corrected chi connectivity index (χ3v) is 8.53. The Bertz CT molecular complexity index is 1280. The highest BCUT2D eigenvalue weighted by Gasteiger charge is 2.24. The van der Waals surface area contributed by atoms with Crippen LogP contribution in [0.2, 0.25) is 0 Å². The second kappa shape index (κ2) is 9.86. The Hall–Kier alpha value is -3.37. The highest BCUT2D eigenvalue weighted by Crippen LogP contribution is 2.27. The molecule has 0 radical (unpaired) electrons. The van der Waals surface area contributed by atoms with Crippen LogP contribution in [0.4, 0.5) is 11.4 Å². The van der Waals surface area contributed by atoms with Gasteiger partial charge in [0.05, 0.1) is 5.69 Å². The number of rotatable bonds is 9. The first-order chi connectivity index (χ1) is 16.2. The van der Waals surface area contributed by atoms with Crippen molar-refractivity contribution in [2.24, 2.45) is 0 Å². The van der Waals surface area contributed by atoms with E-state index in [0.717, 1.165) is 29.7 Å². The summed E-state index contributed by atoms with van der Waals surface area (Å²) >= 11 is 1.16. The van der Waals surface area contributed by atoms with Crippen molar-refractivity contribution < 1.29 is 22.7 Å². The molecule has 34 heavy (non-hydrogen) atoms. The van der Waals surface area contributed by atoms with Crippen molar-refractivity contribution in [2.45, 2.75) is 30.0 Å². The molecule has 0 unspecified atom stereocenters. The van der Waals surface area contributed by atoms with Crippen LogP contribution in [0.25, 0.3) is 0 Å². The summed E-state index contributed by atoms with van der Waals surface area (Å²) in [5.41, 5.74) is 2.34. The zero-order valence-electron chi connectivity index (χ0n) is 18.8. The molecule has 10 heteroatoms. The van der Waals surface area contributed by atoms with Crippen LogP contribution in [0.3, 0.4) is 0 Å². The average Bonchev–Trinajstić information content (AvgIpc) is 3.45. The lowest BCUT2D eigenvalue weighted by Crippen LogP contribution is -2.26. The number of aryl methyl sites for hydroxylation is 1. The molecular weight excluding hydrogens is 474 g/mol. The van der Waals surface area contributed by atoms with Gasteiger partial charge in [0.15, 0.2) is 6.61 Å². The van der Waals surface area contributed by atoms with Gasteiger partial charge in [0.2, 0.25) is 0 Å².